The first-order valence-corrected chi connectivity index (χ1v) is 65.3. The molecule has 5 aromatic heterocycles. The average Bonchev–Trinajstić information content (AvgIpc) is 1.60. The van der Waals surface area contributed by atoms with Gasteiger partial charge in [-0.05, 0) is 282 Å². The van der Waals surface area contributed by atoms with E-state index >= 15 is 0 Å². The van der Waals surface area contributed by atoms with Crippen molar-refractivity contribution in [3.05, 3.63) is 256 Å². The third kappa shape index (κ3) is 36.3. The number of hydrogen-bond donors (Lipinski definition) is 2. The minimum absolute atomic E-state index is 0.0336. The normalized spacial score (nSPS) is 12.9. The highest BCUT2D eigenvalue weighted by Crippen LogP contribution is 2.51. The van der Waals surface area contributed by atoms with E-state index < -0.39 is 42.7 Å². The summed E-state index contributed by atoms with van der Waals surface area (Å²) in [5.74, 6) is 7.57. The first-order chi connectivity index (χ1) is 70.0. The highest BCUT2D eigenvalue weighted by Gasteiger charge is 2.40. The van der Waals surface area contributed by atoms with Crippen LogP contribution in [0.3, 0.4) is 0 Å². The first-order valence-electron chi connectivity index (χ1n) is 53.2. The molecular weight excluding hydrogens is 2070 g/mol. The van der Waals surface area contributed by atoms with Crippen LogP contribution >= 0.6 is 92.0 Å². The Morgan fingerprint density at radius 2 is 0.567 bits per heavy atom. The molecule has 0 aliphatic heterocycles. The summed E-state index contributed by atoms with van der Waals surface area (Å²) in [6.07, 6.45) is 15.7. The van der Waals surface area contributed by atoms with Gasteiger partial charge in [0.05, 0.1) is 36.1 Å². The molecule has 0 saturated carbocycles. The summed E-state index contributed by atoms with van der Waals surface area (Å²) < 4.78 is 81.2. The van der Waals surface area contributed by atoms with Crippen LogP contribution in [0.5, 0.6) is 28.7 Å². The molecule has 0 bridgehead atoms. The molecule has 16 nitrogen and oxygen atoms in total. The number of Topliss-reactive ketones (excluding diaryl/α,β-unsaturated/α-hetero) is 3. The summed E-state index contributed by atoms with van der Waals surface area (Å²) in [5.41, 5.74) is 11.0. The number of carbonyl (C=O) groups is 4. The van der Waals surface area contributed by atoms with Crippen LogP contribution in [0.2, 0.25) is 0 Å². The Kier molecular flexibility index (Phi) is 50.7. The van der Waals surface area contributed by atoms with Gasteiger partial charge in [0.25, 0.3) is 0 Å². The van der Waals surface area contributed by atoms with E-state index in [-0.39, 0.29) is 105 Å². The van der Waals surface area contributed by atoms with Gasteiger partial charge >= 0.3 is 5.97 Å². The number of aliphatic hydroxyl groups is 2. The van der Waals surface area contributed by atoms with E-state index in [2.05, 4.69) is 212 Å². The third-order valence-electron chi connectivity index (χ3n) is 29.2. The van der Waals surface area contributed by atoms with E-state index in [0.29, 0.717) is 19.0 Å². The SMILES string of the molecule is CCC(CC)(c1ccc(OCC(=O)C(C)(C)C)c(C)c1)c1ccc(CS(C)(=O)=O)s1.CCC(CC)(c1ccc(OCC(=O)C(C)(C)C)c(C)c1)c1ccc(CSC)s1.CCC(CC)(c1ccc(OCC(O)C(C)(C)C)c(C)c1)c1ccc(CS(C)(=O)=O)s1.CCC(CC)(c1ccc(OCC(O)C(C)(C)C)c(C)c1)c1ccc(CSC)s1.CCOC(=O)CSCc1sc(C(CC)(CC)c2ccc(OCC(=O)C(C)(C)C)c(C)c2)cc1C. The predicted molar refractivity (Wildman–Crippen MR) is 645 cm³/mol. The van der Waals surface area contributed by atoms with Crippen molar-refractivity contribution in [3.63, 3.8) is 0 Å². The van der Waals surface area contributed by atoms with Gasteiger partial charge in [0.15, 0.2) is 37.0 Å². The van der Waals surface area contributed by atoms with Crippen molar-refractivity contribution in [2.75, 3.05) is 70.4 Å². The van der Waals surface area contributed by atoms with E-state index in [9.17, 15) is 46.2 Å². The number of rotatable bonds is 48. The Balaban J connectivity index is 0.000000286. The van der Waals surface area contributed by atoms with Gasteiger partial charge in [-0.25, -0.2) is 16.8 Å². The Morgan fingerprint density at radius 1 is 0.320 bits per heavy atom. The number of thiophene rings is 5. The fourth-order valence-electron chi connectivity index (χ4n) is 18.2. The molecule has 0 aliphatic carbocycles. The molecule has 5 aromatic carbocycles. The topological polar surface area (TPSA) is 232 Å². The summed E-state index contributed by atoms with van der Waals surface area (Å²) in [4.78, 5) is 60.9. The van der Waals surface area contributed by atoms with Crippen LogP contribution in [0.25, 0.3) is 0 Å². The first kappa shape index (κ1) is 132. The number of aliphatic hydroxyl groups excluding tert-OH is 2. The standard InChI is InChI=1S/C28H40O4S2.C24H36O4S2.C24H34O4S2.C24H36O2S2.C24H34O2S2/c1-9-28(10-2,25-15-20(5)23(34-25)17-33-18-26(30)31-11-3)21-12-13-22(19(4)14-21)32-16-24(29)27(6,7)8;2*1-8-24(9-2,22-13-11-19(29-22)16-30(7,26)27)18-10-12-20(17(3)14-18)28-15-21(25)23(4,5)6;2*1-8-24(9-2,22-13-11-19(28-22)16-27-7)18-10-12-20(17(3)14-18)26-15-21(25)23(4,5)6/h12-15H,9-11,16-18H2,1-8H3;10-14,21,25H,8-9,15-16H2,1-7H3;10-14H,8-9,15-16H2,1-7H3;10-14,21,25H,8-9,15-16H2,1-7H3;10-14H,8-9,15-16H2,1-7H3. The largest absolute Gasteiger partial charge is 0.491 e. The fourth-order valence-corrected chi connectivity index (χ4v) is 30.3. The summed E-state index contributed by atoms with van der Waals surface area (Å²) in [6, 6.07) is 51.4. The van der Waals surface area contributed by atoms with E-state index in [1.807, 2.05) is 225 Å². The molecule has 2 N–H and O–H groups in total. The van der Waals surface area contributed by atoms with Crippen LogP contribution in [-0.2, 0) is 99.4 Å². The van der Waals surface area contributed by atoms with Crippen LogP contribution < -0.4 is 23.7 Å². The van der Waals surface area contributed by atoms with Gasteiger partial charge in [-0.3, -0.25) is 19.2 Å². The molecular formula is C124H180O16S10. The zero-order valence-electron chi connectivity index (χ0n) is 97.3. The van der Waals surface area contributed by atoms with Crippen molar-refractivity contribution in [3.8, 4) is 28.7 Å². The minimum atomic E-state index is -3.06. The number of ketones is 3. The van der Waals surface area contributed by atoms with Crippen molar-refractivity contribution < 1.29 is 74.6 Å². The molecule has 5 heterocycles. The van der Waals surface area contributed by atoms with Gasteiger partial charge < -0.3 is 38.6 Å². The zero-order valence-corrected chi connectivity index (χ0v) is 105. The monoisotopic (exact) mass is 2250 g/mol. The number of sulfone groups is 2. The quantitative estimate of drug-likeness (QED) is 0.0337. The third-order valence-corrected chi connectivity index (χ3v) is 40.5. The molecule has 0 radical (unpaired) electrons. The summed E-state index contributed by atoms with van der Waals surface area (Å²) in [6.45, 7) is 67.1. The molecule has 0 spiro atoms. The van der Waals surface area contributed by atoms with E-state index in [0.717, 1.165) is 148 Å². The van der Waals surface area contributed by atoms with Crippen molar-refractivity contribution in [1.82, 2.24) is 0 Å². The van der Waals surface area contributed by atoms with Crippen molar-refractivity contribution in [2.45, 2.75) is 354 Å². The number of thioether (sulfide) groups is 3. The second-order valence-corrected chi connectivity index (χ2v) is 58.0. The van der Waals surface area contributed by atoms with Crippen LogP contribution in [0, 0.1) is 68.6 Å². The summed E-state index contributed by atoms with van der Waals surface area (Å²) >= 11 is 14.3. The smallest absolute Gasteiger partial charge is 0.315 e. The van der Waals surface area contributed by atoms with Crippen LogP contribution in [0.1, 0.15) is 354 Å². The molecule has 150 heavy (non-hydrogen) atoms. The van der Waals surface area contributed by atoms with E-state index in [4.69, 9.17) is 28.4 Å². The number of hydrogen-bond acceptors (Lipinski definition) is 24. The van der Waals surface area contributed by atoms with Crippen molar-refractivity contribution in [1.29, 1.82) is 0 Å². The van der Waals surface area contributed by atoms with Crippen LogP contribution in [-0.4, -0.2) is 133 Å². The maximum atomic E-state index is 12.3. The molecule has 0 fully saturated rings. The summed E-state index contributed by atoms with van der Waals surface area (Å²) in [7, 11) is -6.11. The lowest BCUT2D eigenvalue weighted by Crippen LogP contribution is -2.32. The molecule has 2 atom stereocenters. The Hall–Kier alpha value is -7.05. The molecule has 832 valence electrons. The second-order valence-electron chi connectivity index (χ2n) is 45.2. The number of aryl methyl sites for hydroxylation is 6. The van der Waals surface area contributed by atoms with Crippen LogP contribution in [0.4, 0.5) is 0 Å². The van der Waals surface area contributed by atoms with Gasteiger partial charge in [-0.2, -0.15) is 23.5 Å². The molecule has 2 unspecified atom stereocenters. The number of esters is 1. The molecule has 26 heteroatoms. The maximum absolute atomic E-state index is 12.3. The highest BCUT2D eigenvalue weighted by atomic mass is 32.2. The Bertz CT molecular complexity index is 6200. The number of carbonyl (C=O) groups excluding carboxylic acids is 4. The van der Waals surface area contributed by atoms with Crippen LogP contribution in [0.15, 0.2) is 146 Å². The maximum Gasteiger partial charge on any atom is 0.315 e. The number of ether oxygens (including phenoxy) is 6. The molecule has 0 saturated heterocycles. The molecule has 10 rings (SSSR count). The fraction of sp³-hybridized carbons (Fsp3) is 0.565. The lowest BCUT2D eigenvalue weighted by Gasteiger charge is -2.32. The lowest BCUT2D eigenvalue weighted by molar-refractivity contribution is -0.140. The van der Waals surface area contributed by atoms with Gasteiger partial charge in [0.2, 0.25) is 0 Å². The number of benzene rings is 5. The minimum Gasteiger partial charge on any atom is -0.491 e. The van der Waals surface area contributed by atoms with Gasteiger partial charge in [0, 0.05) is 122 Å². The van der Waals surface area contributed by atoms with E-state index in [1.165, 1.54) is 84.9 Å². The summed E-state index contributed by atoms with van der Waals surface area (Å²) in [5, 5.41) is 20.5. The van der Waals surface area contributed by atoms with Gasteiger partial charge in [-0.15, -0.1) is 68.4 Å². The van der Waals surface area contributed by atoms with Gasteiger partial charge in [0.1, 0.15) is 61.8 Å². The molecule has 10 aromatic rings. The van der Waals surface area contributed by atoms with Crippen molar-refractivity contribution in [2.24, 2.45) is 27.1 Å². The highest BCUT2D eigenvalue weighted by molar-refractivity contribution is 7.99. The van der Waals surface area contributed by atoms with Gasteiger partial charge in [-0.1, -0.05) is 234 Å². The zero-order chi connectivity index (χ0) is 113. The predicted octanol–water partition coefficient (Wildman–Crippen LogP) is 32.3. The second kappa shape index (κ2) is 57.8. The Labute approximate surface area is 937 Å². The molecule has 0 amide bonds. The van der Waals surface area contributed by atoms with E-state index in [1.54, 1.807) is 34.4 Å². The average molecular weight is 2250 g/mol. The lowest BCUT2D eigenvalue weighted by atomic mass is 9.74. The molecule has 0 aliphatic rings. The van der Waals surface area contributed by atoms with Crippen molar-refractivity contribution >= 4 is 135 Å². The Morgan fingerprint density at radius 3 is 0.793 bits per heavy atom.